The molecule has 0 amide bonds. The number of rotatable bonds is 2. The summed E-state index contributed by atoms with van der Waals surface area (Å²) in [5.41, 5.74) is 6.91. The molecule has 0 aliphatic carbocycles. The Labute approximate surface area is 179 Å². The van der Waals surface area contributed by atoms with Crippen molar-refractivity contribution in [2.45, 2.75) is 0 Å². The summed E-state index contributed by atoms with van der Waals surface area (Å²) < 4.78 is 6.12. The monoisotopic (exact) mass is 398 g/mol. The maximum atomic E-state index is 9.14. The van der Waals surface area contributed by atoms with Crippen LogP contribution in [0, 0.1) is 11.3 Å². The van der Waals surface area contributed by atoms with Gasteiger partial charge in [0.1, 0.15) is 22.9 Å². The molecule has 5 aromatic rings. The number of nitrogens with zero attached hydrogens (tertiary/aromatic N) is 1. The highest BCUT2D eigenvalue weighted by Gasteiger charge is 2.12. The smallest absolute Gasteiger partial charge is 0.136 e. The van der Waals surface area contributed by atoms with Crippen LogP contribution in [0.25, 0.3) is 49.4 Å². The molecule has 4 aromatic carbocycles. The molecule has 31 heavy (non-hydrogen) atoms. The number of nitrogens with one attached hydrogen (secondary N) is 1. The molecule has 0 saturated carbocycles. The fourth-order valence-corrected chi connectivity index (χ4v) is 4.39. The standard InChI is InChI=1S/C28H18N2O/c29-17-23-15-22(13-14-30-23)19-7-5-18(6-8-19)21-10-11-26-25(16-21)28-24-4-2-1-3-20(24)9-12-27(28)31-26/h1-13,15-16,30H,14H2. The van der Waals surface area contributed by atoms with Crippen LogP contribution in [-0.4, -0.2) is 6.54 Å². The highest BCUT2D eigenvalue weighted by Crippen LogP contribution is 2.37. The highest BCUT2D eigenvalue weighted by atomic mass is 16.3. The molecule has 0 fully saturated rings. The molecule has 0 unspecified atom stereocenters. The number of fused-ring (bicyclic) bond motifs is 5. The fraction of sp³-hybridized carbons (Fsp3) is 0.0357. The van der Waals surface area contributed by atoms with Crippen LogP contribution in [0.3, 0.4) is 0 Å². The third kappa shape index (κ3) is 2.89. The van der Waals surface area contributed by atoms with Crippen molar-refractivity contribution in [1.82, 2.24) is 5.32 Å². The largest absolute Gasteiger partial charge is 0.456 e. The summed E-state index contributed by atoms with van der Waals surface area (Å²) in [6, 6.07) is 29.7. The van der Waals surface area contributed by atoms with Crippen LogP contribution < -0.4 is 5.32 Å². The third-order valence-electron chi connectivity index (χ3n) is 5.95. The first kappa shape index (κ1) is 17.6. The molecular weight excluding hydrogens is 380 g/mol. The molecule has 0 saturated heterocycles. The normalized spacial score (nSPS) is 13.6. The summed E-state index contributed by atoms with van der Waals surface area (Å²) in [5.74, 6) is 0. The van der Waals surface area contributed by atoms with Crippen molar-refractivity contribution in [3.8, 4) is 17.2 Å². The van der Waals surface area contributed by atoms with E-state index in [1.807, 2.05) is 6.08 Å². The van der Waals surface area contributed by atoms with E-state index in [1.165, 1.54) is 16.2 Å². The van der Waals surface area contributed by atoms with Crippen molar-refractivity contribution in [3.63, 3.8) is 0 Å². The van der Waals surface area contributed by atoms with Gasteiger partial charge in [-0.2, -0.15) is 5.26 Å². The maximum absolute atomic E-state index is 9.14. The van der Waals surface area contributed by atoms with Gasteiger partial charge in [0.2, 0.25) is 0 Å². The second-order valence-electron chi connectivity index (χ2n) is 7.76. The lowest BCUT2D eigenvalue weighted by atomic mass is 9.97. The Bertz CT molecular complexity index is 1580. The second kappa shape index (κ2) is 6.90. The number of benzene rings is 4. The van der Waals surface area contributed by atoms with Gasteiger partial charge in [0.05, 0.1) is 0 Å². The van der Waals surface area contributed by atoms with Crippen molar-refractivity contribution in [1.29, 1.82) is 5.26 Å². The van der Waals surface area contributed by atoms with E-state index in [0.29, 0.717) is 12.2 Å². The maximum Gasteiger partial charge on any atom is 0.136 e. The molecule has 6 rings (SSSR count). The number of furan rings is 1. The minimum absolute atomic E-state index is 0.603. The van der Waals surface area contributed by atoms with Gasteiger partial charge in [-0.3, -0.25) is 0 Å². The number of nitriles is 1. The first-order valence-electron chi connectivity index (χ1n) is 10.3. The number of allylic oxidation sites excluding steroid dienone is 3. The van der Waals surface area contributed by atoms with E-state index in [-0.39, 0.29) is 0 Å². The Balaban J connectivity index is 1.45. The Hall–Kier alpha value is -4.29. The Kier molecular flexibility index (Phi) is 3.91. The molecule has 0 bridgehead atoms. The molecule has 0 spiro atoms. The van der Waals surface area contributed by atoms with E-state index in [9.17, 15) is 0 Å². The highest BCUT2D eigenvalue weighted by molar-refractivity contribution is 6.19. The van der Waals surface area contributed by atoms with Crippen LogP contribution in [-0.2, 0) is 0 Å². The number of dihydropyridines is 1. The average molecular weight is 398 g/mol. The molecule has 146 valence electrons. The topological polar surface area (TPSA) is 49.0 Å². The van der Waals surface area contributed by atoms with Crippen LogP contribution in [0.5, 0.6) is 0 Å². The van der Waals surface area contributed by atoms with Gasteiger partial charge in [0.25, 0.3) is 0 Å². The summed E-state index contributed by atoms with van der Waals surface area (Å²) >= 11 is 0. The van der Waals surface area contributed by atoms with Gasteiger partial charge in [-0.25, -0.2) is 0 Å². The quantitative estimate of drug-likeness (QED) is 0.356. The first-order valence-corrected chi connectivity index (χ1v) is 10.3. The zero-order valence-corrected chi connectivity index (χ0v) is 16.7. The lowest BCUT2D eigenvalue weighted by molar-refractivity contribution is 0.669. The van der Waals surface area contributed by atoms with Crippen LogP contribution in [0.2, 0.25) is 0 Å². The van der Waals surface area contributed by atoms with Crippen LogP contribution in [0.1, 0.15) is 5.56 Å². The van der Waals surface area contributed by atoms with Gasteiger partial charge < -0.3 is 9.73 Å². The van der Waals surface area contributed by atoms with E-state index in [1.54, 1.807) is 0 Å². The second-order valence-corrected chi connectivity index (χ2v) is 7.76. The van der Waals surface area contributed by atoms with Gasteiger partial charge in [0, 0.05) is 17.3 Å². The molecule has 0 radical (unpaired) electrons. The SMILES string of the molecule is N#CC1=CC(c2ccc(-c3ccc4oc5ccc6ccccc6c5c4c3)cc2)=CCN1. The van der Waals surface area contributed by atoms with Gasteiger partial charge in [-0.05, 0) is 57.3 Å². The van der Waals surface area contributed by atoms with E-state index in [2.05, 4.69) is 96.3 Å². The summed E-state index contributed by atoms with van der Waals surface area (Å²) in [6.07, 6.45) is 4.00. The summed E-state index contributed by atoms with van der Waals surface area (Å²) in [4.78, 5) is 0. The lowest BCUT2D eigenvalue weighted by Crippen LogP contribution is -2.15. The van der Waals surface area contributed by atoms with Crippen molar-refractivity contribution in [2.75, 3.05) is 6.54 Å². The first-order chi connectivity index (χ1) is 15.3. The molecule has 1 N–H and O–H groups in total. The van der Waals surface area contributed by atoms with E-state index < -0.39 is 0 Å². The average Bonchev–Trinajstić information content (AvgIpc) is 3.22. The Morgan fingerprint density at radius 1 is 0.774 bits per heavy atom. The number of hydrogen-bond donors (Lipinski definition) is 1. The van der Waals surface area contributed by atoms with E-state index in [0.717, 1.165) is 38.8 Å². The minimum Gasteiger partial charge on any atom is -0.456 e. The summed E-state index contributed by atoms with van der Waals surface area (Å²) in [6.45, 7) is 0.675. The van der Waals surface area contributed by atoms with Crippen molar-refractivity contribution < 1.29 is 4.42 Å². The Morgan fingerprint density at radius 3 is 2.42 bits per heavy atom. The van der Waals surface area contributed by atoms with Crippen LogP contribution >= 0.6 is 0 Å². The van der Waals surface area contributed by atoms with Crippen LogP contribution in [0.15, 0.2) is 101 Å². The molecule has 1 aliphatic rings. The number of hydrogen-bond acceptors (Lipinski definition) is 3. The van der Waals surface area contributed by atoms with Gasteiger partial charge >= 0.3 is 0 Å². The molecule has 2 heterocycles. The molecule has 0 atom stereocenters. The fourth-order valence-electron chi connectivity index (χ4n) is 4.39. The van der Waals surface area contributed by atoms with Gasteiger partial charge in [-0.1, -0.05) is 66.7 Å². The van der Waals surface area contributed by atoms with Crippen molar-refractivity contribution in [2.24, 2.45) is 0 Å². The van der Waals surface area contributed by atoms with Crippen molar-refractivity contribution in [3.05, 3.63) is 102 Å². The molecule has 1 aromatic heterocycles. The summed E-state index contributed by atoms with van der Waals surface area (Å²) in [7, 11) is 0. The van der Waals surface area contributed by atoms with Crippen molar-refractivity contribution >= 4 is 38.3 Å². The predicted octanol–water partition coefficient (Wildman–Crippen LogP) is 6.80. The van der Waals surface area contributed by atoms with E-state index in [4.69, 9.17) is 9.68 Å². The Morgan fingerprint density at radius 2 is 1.55 bits per heavy atom. The van der Waals surface area contributed by atoms with Gasteiger partial charge in [0.15, 0.2) is 0 Å². The molecule has 3 nitrogen and oxygen atoms in total. The summed E-state index contributed by atoms with van der Waals surface area (Å²) in [5, 5.41) is 16.9. The minimum atomic E-state index is 0.603. The molecule has 3 heteroatoms. The van der Waals surface area contributed by atoms with Crippen LogP contribution in [0.4, 0.5) is 0 Å². The molecular formula is C28H18N2O. The molecule has 1 aliphatic heterocycles. The zero-order valence-electron chi connectivity index (χ0n) is 16.7. The third-order valence-corrected chi connectivity index (χ3v) is 5.95. The predicted molar refractivity (Wildman–Crippen MR) is 126 cm³/mol. The zero-order chi connectivity index (χ0) is 20.8. The van der Waals surface area contributed by atoms with Gasteiger partial charge in [-0.15, -0.1) is 0 Å². The van der Waals surface area contributed by atoms with E-state index >= 15 is 0 Å². The lowest BCUT2D eigenvalue weighted by Gasteiger charge is -2.12.